The van der Waals surface area contributed by atoms with Crippen molar-refractivity contribution in [2.24, 2.45) is 5.73 Å². The first kappa shape index (κ1) is 12.6. The van der Waals surface area contributed by atoms with Crippen molar-refractivity contribution in [3.63, 3.8) is 0 Å². The second-order valence-electron chi connectivity index (χ2n) is 3.96. The van der Waals surface area contributed by atoms with Gasteiger partial charge in [-0.05, 0) is 31.4 Å². The Morgan fingerprint density at radius 3 is 2.94 bits per heavy atom. The largest absolute Gasteiger partial charge is 0.352 e. The summed E-state index contributed by atoms with van der Waals surface area (Å²) in [6.45, 7) is 4.57. The predicted molar refractivity (Wildman–Crippen MR) is 64.2 cm³/mol. The van der Waals surface area contributed by atoms with Gasteiger partial charge in [0, 0.05) is 25.0 Å². The number of aryl methyl sites for hydroxylation is 1. The lowest BCUT2D eigenvalue weighted by atomic mass is 10.1. The molecule has 16 heavy (non-hydrogen) atoms. The number of hydrogen-bond donors (Lipinski definition) is 2. The number of carbonyl (C=O) groups is 1. The fraction of sp³-hybridized carbons (Fsp3) is 0.500. The molecule has 0 saturated heterocycles. The molecule has 0 saturated carbocycles. The highest BCUT2D eigenvalue weighted by Gasteiger charge is 2.06. The highest BCUT2D eigenvalue weighted by Crippen LogP contribution is 2.01. The summed E-state index contributed by atoms with van der Waals surface area (Å²) >= 11 is 0. The van der Waals surface area contributed by atoms with Crippen molar-refractivity contribution in [2.45, 2.75) is 32.7 Å². The zero-order valence-corrected chi connectivity index (χ0v) is 9.86. The van der Waals surface area contributed by atoms with E-state index < -0.39 is 0 Å². The summed E-state index contributed by atoms with van der Waals surface area (Å²) in [5, 5.41) is 2.83. The SMILES string of the molecule is CCC(N)CCNC(=O)c1cncc(C)c1. The van der Waals surface area contributed by atoms with Crippen LogP contribution >= 0.6 is 0 Å². The molecule has 0 radical (unpaired) electrons. The van der Waals surface area contributed by atoms with Crippen LogP contribution in [0.4, 0.5) is 0 Å². The minimum absolute atomic E-state index is 0.0838. The summed E-state index contributed by atoms with van der Waals surface area (Å²) in [6.07, 6.45) is 5.04. The van der Waals surface area contributed by atoms with E-state index in [1.165, 1.54) is 0 Å². The van der Waals surface area contributed by atoms with Gasteiger partial charge in [0.15, 0.2) is 0 Å². The molecule has 1 heterocycles. The van der Waals surface area contributed by atoms with Gasteiger partial charge in [-0.2, -0.15) is 0 Å². The van der Waals surface area contributed by atoms with Crippen molar-refractivity contribution < 1.29 is 4.79 Å². The van der Waals surface area contributed by atoms with E-state index in [0.29, 0.717) is 12.1 Å². The number of carbonyl (C=O) groups excluding carboxylic acids is 1. The third-order valence-corrected chi connectivity index (χ3v) is 2.46. The Morgan fingerprint density at radius 1 is 1.56 bits per heavy atom. The molecule has 0 aliphatic heterocycles. The monoisotopic (exact) mass is 221 g/mol. The van der Waals surface area contributed by atoms with E-state index in [2.05, 4.69) is 10.3 Å². The number of aromatic nitrogens is 1. The van der Waals surface area contributed by atoms with Gasteiger partial charge in [-0.1, -0.05) is 6.92 Å². The average molecular weight is 221 g/mol. The average Bonchev–Trinajstić information content (AvgIpc) is 2.28. The Hall–Kier alpha value is -1.42. The fourth-order valence-corrected chi connectivity index (χ4v) is 1.36. The first-order valence-electron chi connectivity index (χ1n) is 5.59. The number of nitrogens with two attached hydrogens (primary N) is 1. The van der Waals surface area contributed by atoms with Crippen molar-refractivity contribution in [1.29, 1.82) is 0 Å². The maximum absolute atomic E-state index is 11.7. The zero-order chi connectivity index (χ0) is 12.0. The molecule has 1 amide bonds. The molecule has 88 valence electrons. The summed E-state index contributed by atoms with van der Waals surface area (Å²) in [5.41, 5.74) is 7.34. The van der Waals surface area contributed by atoms with E-state index in [1.54, 1.807) is 12.4 Å². The number of pyridine rings is 1. The molecule has 0 spiro atoms. The molecular weight excluding hydrogens is 202 g/mol. The van der Waals surface area contributed by atoms with Crippen LogP contribution in [0.25, 0.3) is 0 Å². The van der Waals surface area contributed by atoms with E-state index in [0.717, 1.165) is 18.4 Å². The van der Waals surface area contributed by atoms with E-state index >= 15 is 0 Å². The van der Waals surface area contributed by atoms with E-state index in [1.807, 2.05) is 19.9 Å². The van der Waals surface area contributed by atoms with Gasteiger partial charge in [0.05, 0.1) is 5.56 Å². The van der Waals surface area contributed by atoms with E-state index in [9.17, 15) is 4.79 Å². The van der Waals surface area contributed by atoms with Gasteiger partial charge in [-0.3, -0.25) is 9.78 Å². The lowest BCUT2D eigenvalue weighted by molar-refractivity contribution is 0.0952. The smallest absolute Gasteiger partial charge is 0.252 e. The minimum atomic E-state index is -0.0838. The molecule has 0 aliphatic carbocycles. The Balaban J connectivity index is 2.41. The molecule has 0 bridgehead atoms. The highest BCUT2D eigenvalue weighted by molar-refractivity contribution is 5.93. The van der Waals surface area contributed by atoms with Gasteiger partial charge < -0.3 is 11.1 Å². The molecule has 1 aromatic heterocycles. The summed E-state index contributed by atoms with van der Waals surface area (Å²) in [6, 6.07) is 1.98. The minimum Gasteiger partial charge on any atom is -0.352 e. The van der Waals surface area contributed by atoms with E-state index in [-0.39, 0.29) is 11.9 Å². The van der Waals surface area contributed by atoms with Crippen LogP contribution in [-0.4, -0.2) is 23.5 Å². The molecule has 1 unspecified atom stereocenters. The Morgan fingerprint density at radius 2 is 2.31 bits per heavy atom. The van der Waals surface area contributed by atoms with Gasteiger partial charge in [0.2, 0.25) is 0 Å². The molecule has 1 aromatic rings. The van der Waals surface area contributed by atoms with Crippen LogP contribution in [0.1, 0.15) is 35.7 Å². The van der Waals surface area contributed by atoms with Gasteiger partial charge >= 0.3 is 0 Å². The molecule has 0 aliphatic rings. The summed E-state index contributed by atoms with van der Waals surface area (Å²) in [4.78, 5) is 15.7. The standard InChI is InChI=1S/C12H19N3O/c1-3-11(13)4-5-15-12(16)10-6-9(2)7-14-8-10/h6-8,11H,3-5,13H2,1-2H3,(H,15,16). The van der Waals surface area contributed by atoms with Crippen LogP contribution < -0.4 is 11.1 Å². The Labute approximate surface area is 96.3 Å². The number of rotatable bonds is 5. The first-order chi connectivity index (χ1) is 7.63. The molecule has 0 aromatic carbocycles. The van der Waals surface area contributed by atoms with Crippen molar-refractivity contribution in [3.05, 3.63) is 29.6 Å². The number of nitrogens with one attached hydrogen (secondary N) is 1. The Kier molecular flexibility index (Phi) is 4.92. The van der Waals surface area contributed by atoms with Gasteiger partial charge in [-0.15, -0.1) is 0 Å². The zero-order valence-electron chi connectivity index (χ0n) is 9.86. The van der Waals surface area contributed by atoms with Crippen LogP contribution in [0.2, 0.25) is 0 Å². The maximum atomic E-state index is 11.7. The van der Waals surface area contributed by atoms with E-state index in [4.69, 9.17) is 5.73 Å². The van der Waals surface area contributed by atoms with Crippen molar-refractivity contribution in [2.75, 3.05) is 6.54 Å². The van der Waals surface area contributed by atoms with Crippen molar-refractivity contribution in [3.8, 4) is 0 Å². The summed E-state index contributed by atoms with van der Waals surface area (Å²) in [7, 11) is 0. The lowest BCUT2D eigenvalue weighted by Gasteiger charge is -2.09. The summed E-state index contributed by atoms with van der Waals surface area (Å²) in [5.74, 6) is -0.0838. The molecule has 4 nitrogen and oxygen atoms in total. The molecule has 0 fully saturated rings. The van der Waals surface area contributed by atoms with Crippen molar-refractivity contribution in [1.82, 2.24) is 10.3 Å². The lowest BCUT2D eigenvalue weighted by Crippen LogP contribution is -2.30. The molecule has 4 heteroatoms. The van der Waals surface area contributed by atoms with Crippen LogP contribution in [0.15, 0.2) is 18.5 Å². The van der Waals surface area contributed by atoms with Crippen LogP contribution in [0.5, 0.6) is 0 Å². The number of hydrogen-bond acceptors (Lipinski definition) is 3. The number of nitrogens with zero attached hydrogens (tertiary/aromatic N) is 1. The Bertz CT molecular complexity index is 352. The molecule has 1 rings (SSSR count). The second-order valence-corrected chi connectivity index (χ2v) is 3.96. The van der Waals surface area contributed by atoms with Crippen LogP contribution in [0, 0.1) is 6.92 Å². The third-order valence-electron chi connectivity index (χ3n) is 2.46. The molecule has 3 N–H and O–H groups in total. The molecule has 1 atom stereocenters. The normalized spacial score (nSPS) is 12.2. The third kappa shape index (κ3) is 3.98. The molecular formula is C12H19N3O. The fourth-order valence-electron chi connectivity index (χ4n) is 1.36. The van der Waals surface area contributed by atoms with Crippen molar-refractivity contribution >= 4 is 5.91 Å². The van der Waals surface area contributed by atoms with Crippen LogP contribution in [0.3, 0.4) is 0 Å². The number of amides is 1. The van der Waals surface area contributed by atoms with Gasteiger partial charge in [0.25, 0.3) is 5.91 Å². The first-order valence-corrected chi connectivity index (χ1v) is 5.59. The van der Waals surface area contributed by atoms with Crippen LogP contribution in [-0.2, 0) is 0 Å². The summed E-state index contributed by atoms with van der Waals surface area (Å²) < 4.78 is 0. The van der Waals surface area contributed by atoms with Gasteiger partial charge in [0.1, 0.15) is 0 Å². The second kappa shape index (κ2) is 6.23. The highest BCUT2D eigenvalue weighted by atomic mass is 16.1. The van der Waals surface area contributed by atoms with Gasteiger partial charge in [-0.25, -0.2) is 0 Å². The predicted octanol–water partition coefficient (Wildman–Crippen LogP) is 1.25. The quantitative estimate of drug-likeness (QED) is 0.786. The maximum Gasteiger partial charge on any atom is 0.252 e. The topological polar surface area (TPSA) is 68.0 Å².